The van der Waals surface area contributed by atoms with Crippen molar-refractivity contribution in [3.05, 3.63) is 35.4 Å². The Morgan fingerprint density at radius 1 is 1.28 bits per heavy atom. The van der Waals surface area contributed by atoms with Crippen LogP contribution < -0.4 is 0 Å². The second kappa shape index (κ2) is 7.74. The van der Waals surface area contributed by atoms with Crippen molar-refractivity contribution in [2.75, 3.05) is 0 Å². The molecule has 0 amide bonds. The van der Waals surface area contributed by atoms with E-state index in [1.165, 1.54) is 11.1 Å². The lowest BCUT2D eigenvalue weighted by atomic mass is 9.87. The summed E-state index contributed by atoms with van der Waals surface area (Å²) in [6, 6.07) is 8.02. The first-order valence-corrected chi connectivity index (χ1v) is 9.01. The predicted octanol–water partition coefficient (Wildman–Crippen LogP) is 3.23. The van der Waals surface area contributed by atoms with Crippen molar-refractivity contribution in [1.82, 2.24) is 0 Å². The van der Waals surface area contributed by atoms with Gasteiger partial charge in [0.15, 0.2) is 0 Å². The molecule has 3 atom stereocenters. The van der Waals surface area contributed by atoms with Crippen molar-refractivity contribution in [3.63, 3.8) is 0 Å². The molecule has 1 aromatic carbocycles. The summed E-state index contributed by atoms with van der Waals surface area (Å²) < 4.78 is 5.47. The van der Waals surface area contributed by atoms with E-state index in [-0.39, 0.29) is 24.4 Å². The smallest absolute Gasteiger partial charge is 0.307 e. The molecule has 0 unspecified atom stereocenters. The fourth-order valence-corrected chi connectivity index (χ4v) is 3.86. The van der Waals surface area contributed by atoms with E-state index in [1.807, 2.05) is 24.3 Å². The third kappa shape index (κ3) is 4.42. The first-order valence-electron chi connectivity index (χ1n) is 9.01. The third-order valence-electron chi connectivity index (χ3n) is 5.39. The maximum Gasteiger partial charge on any atom is 0.307 e. The van der Waals surface area contributed by atoms with Gasteiger partial charge < -0.3 is 9.84 Å². The number of ether oxygens (including phenoxy) is 1. The van der Waals surface area contributed by atoms with Crippen LogP contribution in [0.25, 0.3) is 0 Å². The Morgan fingerprint density at radius 3 is 2.56 bits per heavy atom. The Bertz CT molecular complexity index is 662. The number of carboxylic acid groups (broad SMARTS) is 1. The van der Waals surface area contributed by atoms with Gasteiger partial charge in [-0.25, -0.2) is 0 Å². The highest BCUT2D eigenvalue weighted by molar-refractivity contribution is 5.79. The zero-order valence-corrected chi connectivity index (χ0v) is 14.3. The lowest BCUT2D eigenvalue weighted by molar-refractivity contribution is -0.154. The van der Waals surface area contributed by atoms with Crippen molar-refractivity contribution < 1.29 is 19.4 Å². The molecule has 1 saturated carbocycles. The van der Waals surface area contributed by atoms with Crippen LogP contribution in [0.2, 0.25) is 0 Å². The first-order chi connectivity index (χ1) is 12.1. The highest BCUT2D eigenvalue weighted by Crippen LogP contribution is 2.39. The summed E-state index contributed by atoms with van der Waals surface area (Å²) in [5.41, 5.74) is 2.39. The van der Waals surface area contributed by atoms with E-state index in [9.17, 15) is 14.7 Å². The van der Waals surface area contributed by atoms with Gasteiger partial charge in [0, 0.05) is 6.42 Å². The summed E-state index contributed by atoms with van der Waals surface area (Å²) in [5.74, 6) is 1.01. The monoisotopic (exact) mass is 340 g/mol. The molecule has 3 rings (SSSR count). The van der Waals surface area contributed by atoms with Gasteiger partial charge in [0.1, 0.15) is 6.10 Å². The summed E-state index contributed by atoms with van der Waals surface area (Å²) in [5, 5.41) is 9.58. The van der Waals surface area contributed by atoms with E-state index in [2.05, 4.69) is 5.92 Å². The van der Waals surface area contributed by atoms with Crippen LogP contribution in [0.5, 0.6) is 0 Å². The molecule has 1 aromatic rings. The average Bonchev–Trinajstić information content (AvgIpc) is 3.16. The van der Waals surface area contributed by atoms with E-state index >= 15 is 0 Å². The molecular formula is C21H24O4. The molecule has 132 valence electrons. The molecule has 0 spiro atoms. The summed E-state index contributed by atoms with van der Waals surface area (Å²) in [6.07, 6.45) is 10.1. The van der Waals surface area contributed by atoms with E-state index in [4.69, 9.17) is 11.2 Å². The van der Waals surface area contributed by atoms with Gasteiger partial charge in [-0.3, -0.25) is 9.59 Å². The molecule has 0 heterocycles. The Balaban J connectivity index is 1.49. The Morgan fingerprint density at radius 2 is 1.96 bits per heavy atom. The third-order valence-corrected chi connectivity index (χ3v) is 5.39. The maximum atomic E-state index is 12.2. The minimum absolute atomic E-state index is 0.0342. The molecule has 2 aliphatic rings. The fraction of sp³-hybridized carbons (Fsp3) is 0.524. The normalized spacial score (nSPS) is 22.7. The Hall–Kier alpha value is -2.28. The number of hydrogen-bond acceptors (Lipinski definition) is 3. The van der Waals surface area contributed by atoms with Gasteiger partial charge in [-0.2, -0.15) is 0 Å². The fourth-order valence-electron chi connectivity index (χ4n) is 3.86. The van der Waals surface area contributed by atoms with Crippen LogP contribution in [0.15, 0.2) is 24.3 Å². The topological polar surface area (TPSA) is 63.6 Å². The van der Waals surface area contributed by atoms with Crippen molar-refractivity contribution in [3.8, 4) is 12.3 Å². The number of hydrogen-bond donors (Lipinski definition) is 1. The molecule has 0 aliphatic heterocycles. The van der Waals surface area contributed by atoms with Gasteiger partial charge in [-0.05, 0) is 55.1 Å². The molecule has 0 bridgehead atoms. The molecule has 25 heavy (non-hydrogen) atoms. The molecule has 0 radical (unpaired) electrons. The van der Waals surface area contributed by atoms with Gasteiger partial charge in [0.05, 0.1) is 12.3 Å². The average molecular weight is 340 g/mol. The van der Waals surface area contributed by atoms with Crippen LogP contribution >= 0.6 is 0 Å². The quantitative estimate of drug-likeness (QED) is 0.448. The van der Waals surface area contributed by atoms with E-state index in [0.29, 0.717) is 5.92 Å². The van der Waals surface area contributed by atoms with Gasteiger partial charge in [0.25, 0.3) is 0 Å². The number of fused-ring (bicyclic) bond motifs is 1. The van der Waals surface area contributed by atoms with Crippen LogP contribution in [-0.2, 0) is 27.2 Å². The molecule has 4 nitrogen and oxygen atoms in total. The Kier molecular flexibility index (Phi) is 5.43. The van der Waals surface area contributed by atoms with Crippen LogP contribution in [0, 0.1) is 30.1 Å². The number of rotatable bonds is 8. The first kappa shape index (κ1) is 17.5. The number of terminal acetylenes is 1. The molecule has 2 aliphatic carbocycles. The van der Waals surface area contributed by atoms with Gasteiger partial charge in [-0.15, -0.1) is 12.3 Å². The minimum atomic E-state index is -0.906. The lowest BCUT2D eigenvalue weighted by Gasteiger charge is -2.18. The number of esters is 1. The standard InChI is InChI=1S/C21H24O4/c1-2-3-4-9-16-12-19(16)25-20(22)13-18(21(23)24)17-10-14-7-5-6-8-15(14)11-17/h1,5-8,16-19H,3-4,9-13H2,(H,23,24)/t16-,18+,19-/m1/s1. The summed E-state index contributed by atoms with van der Waals surface area (Å²) in [6.45, 7) is 0. The summed E-state index contributed by atoms with van der Waals surface area (Å²) >= 11 is 0. The van der Waals surface area contributed by atoms with E-state index < -0.39 is 11.9 Å². The zero-order valence-electron chi connectivity index (χ0n) is 14.3. The number of benzene rings is 1. The van der Waals surface area contributed by atoms with E-state index in [1.54, 1.807) is 0 Å². The number of carbonyl (C=O) groups is 2. The lowest BCUT2D eigenvalue weighted by Crippen LogP contribution is -2.28. The minimum Gasteiger partial charge on any atom is -0.481 e. The van der Waals surface area contributed by atoms with Crippen molar-refractivity contribution in [2.45, 2.75) is 51.0 Å². The van der Waals surface area contributed by atoms with Gasteiger partial charge >= 0.3 is 11.9 Å². The summed E-state index contributed by atoms with van der Waals surface area (Å²) in [4.78, 5) is 23.9. The summed E-state index contributed by atoms with van der Waals surface area (Å²) in [7, 11) is 0. The van der Waals surface area contributed by atoms with Gasteiger partial charge in [0.2, 0.25) is 0 Å². The molecule has 0 saturated heterocycles. The number of carbonyl (C=O) groups excluding carboxylic acids is 1. The van der Waals surface area contributed by atoms with Crippen LogP contribution in [0.4, 0.5) is 0 Å². The second-order valence-electron chi connectivity index (χ2n) is 7.21. The molecule has 0 aromatic heterocycles. The second-order valence-corrected chi connectivity index (χ2v) is 7.21. The molecular weight excluding hydrogens is 316 g/mol. The van der Waals surface area contributed by atoms with E-state index in [0.717, 1.165) is 38.5 Å². The molecule has 1 N–H and O–H groups in total. The number of unbranched alkanes of at least 4 members (excludes halogenated alkanes) is 1. The molecule has 1 fully saturated rings. The predicted molar refractivity (Wildman–Crippen MR) is 93.8 cm³/mol. The van der Waals surface area contributed by atoms with Crippen molar-refractivity contribution in [2.24, 2.45) is 17.8 Å². The van der Waals surface area contributed by atoms with Gasteiger partial charge in [-0.1, -0.05) is 24.3 Å². The highest BCUT2D eigenvalue weighted by Gasteiger charge is 2.41. The van der Waals surface area contributed by atoms with Crippen molar-refractivity contribution in [1.29, 1.82) is 0 Å². The zero-order chi connectivity index (χ0) is 17.8. The van der Waals surface area contributed by atoms with Crippen LogP contribution in [0.1, 0.15) is 43.2 Å². The Labute approximate surface area is 148 Å². The van der Waals surface area contributed by atoms with Crippen LogP contribution in [-0.4, -0.2) is 23.1 Å². The highest BCUT2D eigenvalue weighted by atomic mass is 16.5. The maximum absolute atomic E-state index is 12.2. The number of carboxylic acids is 1. The van der Waals surface area contributed by atoms with Crippen molar-refractivity contribution >= 4 is 11.9 Å². The number of aliphatic carboxylic acids is 1. The largest absolute Gasteiger partial charge is 0.481 e. The molecule has 4 heteroatoms. The SMILES string of the molecule is C#CCCC[C@@H]1C[C@H]1OC(=O)C[C@H](C(=O)O)C1Cc2ccccc2C1. The van der Waals surface area contributed by atoms with Crippen LogP contribution in [0.3, 0.4) is 0 Å².